The Morgan fingerprint density at radius 1 is 1.41 bits per heavy atom. The average Bonchev–Trinajstić information content (AvgIpc) is 2.91. The molecule has 2 rings (SSSR count). The van der Waals surface area contributed by atoms with E-state index in [0.717, 1.165) is 18.7 Å². The molecule has 0 radical (unpaired) electrons. The number of aryl methyl sites for hydroxylation is 1. The minimum absolute atomic E-state index is 0. The lowest BCUT2D eigenvalue weighted by atomic mass is 10.2. The highest BCUT2D eigenvalue weighted by atomic mass is 35.5. The normalized spacial score (nSPS) is 12.1. The second-order valence-corrected chi connectivity index (χ2v) is 5.67. The van der Waals surface area contributed by atoms with E-state index in [0.29, 0.717) is 6.04 Å². The smallest absolute Gasteiger partial charge is 0.110 e. The number of hydrogen-bond donors (Lipinski definition) is 1. The van der Waals surface area contributed by atoms with Crippen molar-refractivity contribution in [3.63, 3.8) is 0 Å². The van der Waals surface area contributed by atoms with Gasteiger partial charge >= 0.3 is 0 Å². The van der Waals surface area contributed by atoms with Gasteiger partial charge in [0.15, 0.2) is 0 Å². The van der Waals surface area contributed by atoms with Crippen molar-refractivity contribution in [2.75, 3.05) is 0 Å². The van der Waals surface area contributed by atoms with E-state index >= 15 is 0 Å². The van der Waals surface area contributed by atoms with Crippen LogP contribution in [0.4, 0.5) is 0 Å². The maximum Gasteiger partial charge on any atom is 0.110 e. The Morgan fingerprint density at radius 2 is 2.24 bits per heavy atom. The van der Waals surface area contributed by atoms with Crippen LogP contribution in [0.2, 0.25) is 0 Å². The molecule has 2 heterocycles. The SMILES string of the molecule is CCC(NCc1cccs1)c1nc(C)cs1.Cl. The molecule has 1 N–H and O–H groups in total. The first-order valence-corrected chi connectivity index (χ1v) is 7.23. The summed E-state index contributed by atoms with van der Waals surface area (Å²) in [5.41, 5.74) is 1.12. The van der Waals surface area contributed by atoms with E-state index in [4.69, 9.17) is 0 Å². The van der Waals surface area contributed by atoms with Crippen molar-refractivity contribution < 1.29 is 0 Å². The van der Waals surface area contributed by atoms with Gasteiger partial charge in [0, 0.05) is 22.5 Å². The molecule has 0 aliphatic heterocycles. The third-order valence-electron chi connectivity index (χ3n) is 2.45. The first-order chi connectivity index (χ1) is 7.79. The molecule has 5 heteroatoms. The lowest BCUT2D eigenvalue weighted by Crippen LogP contribution is -2.19. The number of rotatable bonds is 5. The molecule has 2 aromatic rings. The van der Waals surface area contributed by atoms with Crippen molar-refractivity contribution in [2.24, 2.45) is 0 Å². The molecule has 0 amide bonds. The molecule has 0 aromatic carbocycles. The van der Waals surface area contributed by atoms with Gasteiger partial charge in [-0.3, -0.25) is 0 Å². The van der Waals surface area contributed by atoms with Crippen LogP contribution >= 0.6 is 35.1 Å². The molecular weight excluding hydrogens is 272 g/mol. The van der Waals surface area contributed by atoms with Crippen LogP contribution in [0.15, 0.2) is 22.9 Å². The first kappa shape index (κ1) is 14.6. The maximum absolute atomic E-state index is 4.54. The summed E-state index contributed by atoms with van der Waals surface area (Å²) >= 11 is 3.55. The standard InChI is InChI=1S/C12H16N2S2.ClH/c1-3-11(12-14-9(2)8-16-12)13-7-10-5-4-6-15-10;/h4-6,8,11,13H,3,7H2,1-2H3;1H. The van der Waals surface area contributed by atoms with Crippen LogP contribution in [0.1, 0.15) is 35.0 Å². The number of hydrogen-bond acceptors (Lipinski definition) is 4. The molecule has 0 saturated heterocycles. The molecule has 17 heavy (non-hydrogen) atoms. The zero-order valence-corrected chi connectivity index (χ0v) is 12.4. The zero-order valence-electron chi connectivity index (χ0n) is 9.97. The van der Waals surface area contributed by atoms with Gasteiger partial charge in [-0.1, -0.05) is 13.0 Å². The number of thiophene rings is 1. The highest BCUT2D eigenvalue weighted by Crippen LogP contribution is 2.21. The van der Waals surface area contributed by atoms with E-state index in [1.807, 2.05) is 6.92 Å². The second kappa shape index (κ2) is 7.11. The Balaban J connectivity index is 0.00000144. The second-order valence-electron chi connectivity index (χ2n) is 3.75. The van der Waals surface area contributed by atoms with Crippen LogP contribution in [0.25, 0.3) is 0 Å². The summed E-state index contributed by atoms with van der Waals surface area (Å²) in [7, 11) is 0. The minimum atomic E-state index is 0. The molecule has 94 valence electrons. The third kappa shape index (κ3) is 4.07. The lowest BCUT2D eigenvalue weighted by molar-refractivity contribution is 0.519. The number of aromatic nitrogens is 1. The Hall–Kier alpha value is -0.420. The van der Waals surface area contributed by atoms with Gasteiger partial charge in [-0.25, -0.2) is 4.98 Å². The van der Waals surface area contributed by atoms with Gasteiger partial charge in [-0.15, -0.1) is 35.1 Å². The summed E-state index contributed by atoms with van der Waals surface area (Å²) in [5, 5.41) is 9.00. The molecule has 0 saturated carbocycles. The molecule has 0 bridgehead atoms. The quantitative estimate of drug-likeness (QED) is 0.893. The Bertz CT molecular complexity index is 425. The highest BCUT2D eigenvalue weighted by Gasteiger charge is 2.12. The summed E-state index contributed by atoms with van der Waals surface area (Å²) in [6.45, 7) is 5.18. The fourth-order valence-electron chi connectivity index (χ4n) is 1.58. The van der Waals surface area contributed by atoms with E-state index < -0.39 is 0 Å². The van der Waals surface area contributed by atoms with E-state index in [9.17, 15) is 0 Å². The number of nitrogens with zero attached hydrogens (tertiary/aromatic N) is 1. The number of nitrogens with one attached hydrogen (secondary N) is 1. The molecular formula is C12H17ClN2S2. The van der Waals surface area contributed by atoms with Crippen LogP contribution in [0.3, 0.4) is 0 Å². The summed E-state index contributed by atoms with van der Waals surface area (Å²) in [5.74, 6) is 0. The van der Waals surface area contributed by atoms with Gasteiger partial charge in [-0.2, -0.15) is 0 Å². The molecule has 2 aromatic heterocycles. The van der Waals surface area contributed by atoms with Gasteiger partial charge in [0.2, 0.25) is 0 Å². The van der Waals surface area contributed by atoms with Crippen molar-refractivity contribution >= 4 is 35.1 Å². The van der Waals surface area contributed by atoms with Crippen LogP contribution in [-0.4, -0.2) is 4.98 Å². The van der Waals surface area contributed by atoms with Crippen LogP contribution < -0.4 is 5.32 Å². The molecule has 1 atom stereocenters. The van der Waals surface area contributed by atoms with E-state index in [-0.39, 0.29) is 12.4 Å². The van der Waals surface area contributed by atoms with Gasteiger partial charge in [0.05, 0.1) is 6.04 Å². The fourth-order valence-corrected chi connectivity index (χ4v) is 3.19. The topological polar surface area (TPSA) is 24.9 Å². The monoisotopic (exact) mass is 288 g/mol. The van der Waals surface area contributed by atoms with E-state index in [2.05, 4.69) is 40.1 Å². The number of thiazole rings is 1. The molecule has 0 fully saturated rings. The lowest BCUT2D eigenvalue weighted by Gasteiger charge is -2.13. The largest absolute Gasteiger partial charge is 0.303 e. The van der Waals surface area contributed by atoms with E-state index in [1.54, 1.807) is 22.7 Å². The van der Waals surface area contributed by atoms with Crippen LogP contribution in [0.5, 0.6) is 0 Å². The summed E-state index contributed by atoms with van der Waals surface area (Å²) < 4.78 is 0. The van der Waals surface area contributed by atoms with Crippen molar-refractivity contribution in [3.8, 4) is 0 Å². The van der Waals surface area contributed by atoms with Gasteiger partial charge in [0.25, 0.3) is 0 Å². The van der Waals surface area contributed by atoms with Gasteiger partial charge < -0.3 is 5.32 Å². The maximum atomic E-state index is 4.54. The zero-order chi connectivity index (χ0) is 11.4. The van der Waals surface area contributed by atoms with Crippen molar-refractivity contribution in [3.05, 3.63) is 38.5 Å². The molecule has 0 spiro atoms. The fraction of sp³-hybridized carbons (Fsp3) is 0.417. The molecule has 0 aliphatic rings. The highest BCUT2D eigenvalue weighted by molar-refractivity contribution is 7.10. The van der Waals surface area contributed by atoms with Gasteiger partial charge in [0.1, 0.15) is 5.01 Å². The Kier molecular flexibility index (Phi) is 6.12. The van der Waals surface area contributed by atoms with Crippen molar-refractivity contribution in [1.29, 1.82) is 0 Å². The number of halogens is 1. The van der Waals surface area contributed by atoms with Crippen LogP contribution in [-0.2, 0) is 6.54 Å². The van der Waals surface area contributed by atoms with Crippen molar-refractivity contribution in [1.82, 2.24) is 10.3 Å². The summed E-state index contributed by atoms with van der Waals surface area (Å²) in [6.07, 6.45) is 1.08. The molecule has 1 unspecified atom stereocenters. The summed E-state index contributed by atoms with van der Waals surface area (Å²) in [6, 6.07) is 4.65. The summed E-state index contributed by atoms with van der Waals surface area (Å²) in [4.78, 5) is 5.92. The van der Waals surface area contributed by atoms with Crippen LogP contribution in [0, 0.1) is 6.92 Å². The predicted molar refractivity (Wildman–Crippen MR) is 78.3 cm³/mol. The Morgan fingerprint density at radius 3 is 2.76 bits per heavy atom. The molecule has 0 aliphatic carbocycles. The minimum Gasteiger partial charge on any atom is -0.303 e. The van der Waals surface area contributed by atoms with E-state index in [1.165, 1.54) is 9.88 Å². The third-order valence-corrected chi connectivity index (χ3v) is 4.40. The average molecular weight is 289 g/mol. The van der Waals surface area contributed by atoms with Gasteiger partial charge in [-0.05, 0) is 24.8 Å². The Labute approximate surface area is 117 Å². The van der Waals surface area contributed by atoms with Crippen molar-refractivity contribution in [2.45, 2.75) is 32.9 Å². The molecule has 2 nitrogen and oxygen atoms in total. The first-order valence-electron chi connectivity index (χ1n) is 5.47. The predicted octanol–water partition coefficient (Wildman–Crippen LogP) is 4.18.